The minimum Gasteiger partial charge on any atom is -0.303 e. The number of halogens is 2. The number of nitrogens with zero attached hydrogens (tertiary/aromatic N) is 2. The van der Waals surface area contributed by atoms with Gasteiger partial charge in [-0.15, -0.1) is 0 Å². The highest BCUT2D eigenvalue weighted by Crippen LogP contribution is 2.41. The Kier molecular flexibility index (Phi) is 6.89. The number of aryl methyl sites for hydroxylation is 1. The molecular formula is C29H30ClFN2. The lowest BCUT2D eigenvalue weighted by molar-refractivity contribution is 0.0968. The molecule has 3 aromatic rings. The Labute approximate surface area is 201 Å². The smallest absolute Gasteiger partial charge is 0.0906 e. The third-order valence-electron chi connectivity index (χ3n) is 6.91. The number of fused-ring (bicyclic) bond motifs is 1. The van der Waals surface area contributed by atoms with E-state index in [-0.39, 0.29) is 6.67 Å². The fourth-order valence-electron chi connectivity index (χ4n) is 5.29. The highest BCUT2D eigenvalue weighted by atomic mass is 35.5. The van der Waals surface area contributed by atoms with Gasteiger partial charge in [0.1, 0.15) is 0 Å². The predicted octanol–water partition coefficient (Wildman–Crippen LogP) is 6.86. The number of likely N-dealkylation sites (tertiary alicyclic amines) is 1. The maximum absolute atomic E-state index is 12.4. The number of hydrogen-bond acceptors (Lipinski definition) is 2. The fraction of sp³-hybridized carbons (Fsp3) is 0.345. The van der Waals surface area contributed by atoms with Crippen LogP contribution in [0.5, 0.6) is 0 Å². The Balaban J connectivity index is 1.45. The van der Waals surface area contributed by atoms with E-state index in [2.05, 4.69) is 53.4 Å². The summed E-state index contributed by atoms with van der Waals surface area (Å²) in [5.41, 5.74) is 8.55. The van der Waals surface area contributed by atoms with Crippen LogP contribution in [-0.2, 0) is 12.8 Å². The number of hydrogen-bond donors (Lipinski definition) is 0. The van der Waals surface area contributed by atoms with E-state index in [4.69, 9.17) is 16.6 Å². The highest BCUT2D eigenvalue weighted by Gasteiger charge is 2.26. The zero-order valence-electron chi connectivity index (χ0n) is 18.9. The first-order valence-electron chi connectivity index (χ1n) is 12.0. The van der Waals surface area contributed by atoms with Gasteiger partial charge < -0.3 is 4.90 Å². The van der Waals surface area contributed by atoms with E-state index < -0.39 is 0 Å². The van der Waals surface area contributed by atoms with Gasteiger partial charge in [0.25, 0.3) is 0 Å². The SMILES string of the molecule is FCCCN1CC(Cc2ccc(C3=C(c4ccccc4Cl)CCCc4ccccc43)nc2)C1. The predicted molar refractivity (Wildman–Crippen MR) is 135 cm³/mol. The first-order valence-corrected chi connectivity index (χ1v) is 12.4. The van der Waals surface area contributed by atoms with E-state index in [0.717, 1.165) is 61.6 Å². The van der Waals surface area contributed by atoms with Crippen molar-refractivity contribution in [2.45, 2.75) is 32.1 Å². The molecule has 0 radical (unpaired) electrons. The van der Waals surface area contributed by atoms with Crippen LogP contribution in [0.25, 0.3) is 11.1 Å². The van der Waals surface area contributed by atoms with Gasteiger partial charge in [-0.25, -0.2) is 0 Å². The van der Waals surface area contributed by atoms with Crippen LogP contribution in [0.3, 0.4) is 0 Å². The lowest BCUT2D eigenvalue weighted by atomic mass is 9.89. The summed E-state index contributed by atoms with van der Waals surface area (Å²) in [5, 5.41) is 0.795. The van der Waals surface area contributed by atoms with Crippen LogP contribution in [0.2, 0.25) is 5.02 Å². The molecule has 1 saturated heterocycles. The molecule has 1 fully saturated rings. The van der Waals surface area contributed by atoms with Crippen LogP contribution in [0, 0.1) is 5.92 Å². The van der Waals surface area contributed by atoms with Crippen molar-refractivity contribution in [1.29, 1.82) is 0 Å². The molecule has 2 nitrogen and oxygen atoms in total. The molecule has 170 valence electrons. The zero-order valence-corrected chi connectivity index (χ0v) is 19.7. The van der Waals surface area contributed by atoms with Gasteiger partial charge in [0.05, 0.1) is 12.4 Å². The minimum absolute atomic E-state index is 0.221. The van der Waals surface area contributed by atoms with Crippen LogP contribution in [-0.4, -0.2) is 36.2 Å². The number of alkyl halides is 1. The molecule has 2 aliphatic rings. The van der Waals surface area contributed by atoms with Crippen LogP contribution < -0.4 is 0 Å². The van der Waals surface area contributed by atoms with Crippen molar-refractivity contribution in [2.75, 3.05) is 26.3 Å². The van der Waals surface area contributed by atoms with Gasteiger partial charge in [0.2, 0.25) is 0 Å². The van der Waals surface area contributed by atoms with Crippen molar-refractivity contribution in [3.05, 3.63) is 99.8 Å². The molecule has 33 heavy (non-hydrogen) atoms. The summed E-state index contributed by atoms with van der Waals surface area (Å²) in [4.78, 5) is 7.31. The van der Waals surface area contributed by atoms with E-state index in [9.17, 15) is 4.39 Å². The Morgan fingerprint density at radius 2 is 1.73 bits per heavy atom. The summed E-state index contributed by atoms with van der Waals surface area (Å²) in [6.07, 6.45) is 6.87. The van der Waals surface area contributed by atoms with Crippen molar-refractivity contribution in [1.82, 2.24) is 9.88 Å². The molecule has 0 amide bonds. The largest absolute Gasteiger partial charge is 0.303 e. The average molecular weight is 461 g/mol. The second-order valence-electron chi connectivity index (χ2n) is 9.27. The standard InChI is InChI=1S/C29H30ClFN2/c30-27-12-4-3-10-25(27)26-11-5-8-23-7-1-2-9-24(23)29(26)28-14-13-21(18-32-28)17-22-19-33(20-22)16-6-15-31/h1-4,7,9-10,12-14,18,22H,5-6,8,11,15-17,19-20H2. The number of rotatable bonds is 7. The molecule has 4 heteroatoms. The number of benzene rings is 2. The Morgan fingerprint density at radius 3 is 2.48 bits per heavy atom. The number of aromatic nitrogens is 1. The van der Waals surface area contributed by atoms with Gasteiger partial charge in [-0.1, -0.05) is 60.1 Å². The quantitative estimate of drug-likeness (QED) is 0.382. The van der Waals surface area contributed by atoms with E-state index in [1.54, 1.807) is 0 Å². The molecule has 5 rings (SSSR count). The molecule has 1 aliphatic heterocycles. The third-order valence-corrected chi connectivity index (χ3v) is 7.24. The monoisotopic (exact) mass is 460 g/mol. The maximum Gasteiger partial charge on any atom is 0.0906 e. The Hall–Kier alpha value is -2.49. The summed E-state index contributed by atoms with van der Waals surface area (Å²) >= 11 is 6.66. The van der Waals surface area contributed by atoms with Crippen LogP contribution in [0.1, 0.15) is 47.2 Å². The maximum atomic E-state index is 12.4. The second-order valence-corrected chi connectivity index (χ2v) is 9.68. The minimum atomic E-state index is -0.221. The fourth-order valence-corrected chi connectivity index (χ4v) is 5.54. The van der Waals surface area contributed by atoms with E-state index in [1.807, 2.05) is 18.3 Å². The molecule has 0 unspecified atom stereocenters. The third kappa shape index (κ3) is 4.90. The van der Waals surface area contributed by atoms with Gasteiger partial charge in [-0.2, -0.15) is 0 Å². The molecule has 0 atom stereocenters. The van der Waals surface area contributed by atoms with E-state index >= 15 is 0 Å². The van der Waals surface area contributed by atoms with Gasteiger partial charge in [-0.3, -0.25) is 9.37 Å². The number of allylic oxidation sites excluding steroid dienone is 1. The molecule has 1 aromatic heterocycles. The van der Waals surface area contributed by atoms with Crippen molar-refractivity contribution in [3.63, 3.8) is 0 Å². The van der Waals surface area contributed by atoms with Crippen LogP contribution in [0.15, 0.2) is 66.9 Å². The van der Waals surface area contributed by atoms with Crippen molar-refractivity contribution < 1.29 is 4.39 Å². The summed E-state index contributed by atoms with van der Waals surface area (Å²) in [6, 6.07) is 21.3. The summed E-state index contributed by atoms with van der Waals surface area (Å²) in [5.74, 6) is 0.647. The topological polar surface area (TPSA) is 16.1 Å². The van der Waals surface area contributed by atoms with Crippen LogP contribution >= 0.6 is 11.6 Å². The normalized spacial score (nSPS) is 16.9. The molecule has 0 spiro atoms. The van der Waals surface area contributed by atoms with Crippen molar-refractivity contribution >= 4 is 22.7 Å². The van der Waals surface area contributed by atoms with Crippen molar-refractivity contribution in [3.8, 4) is 0 Å². The molecule has 2 aromatic carbocycles. The lowest BCUT2D eigenvalue weighted by Crippen LogP contribution is -2.47. The van der Waals surface area contributed by atoms with E-state index in [0.29, 0.717) is 12.3 Å². The molecule has 2 heterocycles. The van der Waals surface area contributed by atoms with Gasteiger partial charge in [-0.05, 0) is 78.0 Å². The second kappa shape index (κ2) is 10.2. The number of pyridine rings is 1. The van der Waals surface area contributed by atoms with E-state index in [1.165, 1.54) is 27.8 Å². The molecular weight excluding hydrogens is 431 g/mol. The molecule has 0 saturated carbocycles. The Morgan fingerprint density at radius 1 is 0.939 bits per heavy atom. The first-order chi connectivity index (χ1) is 16.2. The Bertz CT molecular complexity index is 1130. The molecule has 0 N–H and O–H groups in total. The molecule has 0 bridgehead atoms. The summed E-state index contributed by atoms with van der Waals surface area (Å²) < 4.78 is 12.4. The van der Waals surface area contributed by atoms with Gasteiger partial charge in [0.15, 0.2) is 0 Å². The lowest BCUT2D eigenvalue weighted by Gasteiger charge is -2.39. The zero-order chi connectivity index (χ0) is 22.6. The average Bonchev–Trinajstić information content (AvgIpc) is 3.01. The van der Waals surface area contributed by atoms with Gasteiger partial charge in [0, 0.05) is 36.4 Å². The van der Waals surface area contributed by atoms with Crippen LogP contribution in [0.4, 0.5) is 4.39 Å². The molecule has 1 aliphatic carbocycles. The van der Waals surface area contributed by atoms with Gasteiger partial charge >= 0.3 is 0 Å². The highest BCUT2D eigenvalue weighted by molar-refractivity contribution is 6.32. The summed E-state index contributed by atoms with van der Waals surface area (Å²) in [6.45, 7) is 2.79. The summed E-state index contributed by atoms with van der Waals surface area (Å²) in [7, 11) is 0. The first kappa shape index (κ1) is 22.3. The van der Waals surface area contributed by atoms with Crippen molar-refractivity contribution in [2.24, 2.45) is 5.92 Å².